The molecule has 2 rings (SSSR count). The summed E-state index contributed by atoms with van der Waals surface area (Å²) in [6, 6.07) is 6.97. The molecule has 0 aliphatic rings. The van der Waals surface area contributed by atoms with E-state index in [1.807, 2.05) is 0 Å². The SMILES string of the molecule is COC(=O)c1csc(COCCOc2cc(N)cc(OC)c2)c1. The maximum atomic E-state index is 11.3. The lowest BCUT2D eigenvalue weighted by Crippen LogP contribution is -2.06. The molecule has 0 spiro atoms. The van der Waals surface area contributed by atoms with Crippen molar-refractivity contribution in [1.29, 1.82) is 0 Å². The molecular formula is C16H19NO5S. The number of carbonyl (C=O) groups excluding carboxylic acids is 1. The summed E-state index contributed by atoms with van der Waals surface area (Å²) >= 11 is 1.45. The summed E-state index contributed by atoms with van der Waals surface area (Å²) in [6.45, 7) is 1.23. The fourth-order valence-electron chi connectivity index (χ4n) is 1.87. The van der Waals surface area contributed by atoms with Gasteiger partial charge in [-0.3, -0.25) is 0 Å². The quantitative estimate of drug-likeness (QED) is 0.453. The Hall–Kier alpha value is -2.25. The Balaban J connectivity index is 1.72. The van der Waals surface area contributed by atoms with Crippen molar-refractivity contribution in [1.82, 2.24) is 0 Å². The summed E-state index contributed by atoms with van der Waals surface area (Å²) in [6.07, 6.45) is 0. The van der Waals surface area contributed by atoms with Crippen LogP contribution in [-0.2, 0) is 16.1 Å². The van der Waals surface area contributed by atoms with E-state index in [1.165, 1.54) is 18.4 Å². The van der Waals surface area contributed by atoms with Crippen LogP contribution in [0.1, 0.15) is 15.2 Å². The lowest BCUT2D eigenvalue weighted by atomic mass is 10.3. The van der Waals surface area contributed by atoms with E-state index < -0.39 is 0 Å². The smallest absolute Gasteiger partial charge is 0.338 e. The van der Waals surface area contributed by atoms with Crippen molar-refractivity contribution in [2.75, 3.05) is 33.2 Å². The molecule has 6 nitrogen and oxygen atoms in total. The van der Waals surface area contributed by atoms with Crippen LogP contribution >= 0.6 is 11.3 Å². The van der Waals surface area contributed by atoms with E-state index in [0.717, 1.165) is 4.88 Å². The number of rotatable bonds is 8. The molecule has 0 unspecified atom stereocenters. The molecule has 0 amide bonds. The van der Waals surface area contributed by atoms with Crippen molar-refractivity contribution in [2.24, 2.45) is 0 Å². The molecule has 0 saturated carbocycles. The van der Waals surface area contributed by atoms with Crippen molar-refractivity contribution in [2.45, 2.75) is 6.61 Å². The molecule has 2 N–H and O–H groups in total. The van der Waals surface area contributed by atoms with E-state index >= 15 is 0 Å². The molecule has 0 aliphatic heterocycles. The number of hydrogen-bond acceptors (Lipinski definition) is 7. The first-order valence-electron chi connectivity index (χ1n) is 6.93. The molecule has 7 heteroatoms. The highest BCUT2D eigenvalue weighted by molar-refractivity contribution is 7.10. The normalized spacial score (nSPS) is 10.3. The number of esters is 1. The molecular weight excluding hydrogens is 318 g/mol. The van der Waals surface area contributed by atoms with Crippen molar-refractivity contribution in [3.05, 3.63) is 40.1 Å². The molecule has 23 heavy (non-hydrogen) atoms. The molecule has 0 atom stereocenters. The monoisotopic (exact) mass is 337 g/mol. The second-order valence-corrected chi connectivity index (χ2v) is 5.63. The fourth-order valence-corrected chi connectivity index (χ4v) is 2.66. The van der Waals surface area contributed by atoms with Crippen molar-refractivity contribution >= 4 is 23.0 Å². The highest BCUT2D eigenvalue weighted by atomic mass is 32.1. The molecule has 0 radical (unpaired) electrons. The van der Waals surface area contributed by atoms with Gasteiger partial charge in [0.15, 0.2) is 0 Å². The molecule has 0 bridgehead atoms. The largest absolute Gasteiger partial charge is 0.497 e. The molecule has 1 heterocycles. The third kappa shape index (κ3) is 5.15. The van der Waals surface area contributed by atoms with Gasteiger partial charge in [-0.1, -0.05) is 0 Å². The first-order valence-corrected chi connectivity index (χ1v) is 7.81. The van der Waals surface area contributed by atoms with E-state index in [9.17, 15) is 4.79 Å². The Labute approximate surface area is 138 Å². The molecule has 0 aliphatic carbocycles. The number of nitrogens with two attached hydrogens (primary N) is 1. The average molecular weight is 337 g/mol. The Bertz CT molecular complexity index is 656. The van der Waals surface area contributed by atoms with Gasteiger partial charge in [0.2, 0.25) is 0 Å². The zero-order valence-electron chi connectivity index (χ0n) is 13.0. The predicted octanol–water partition coefficient (Wildman–Crippen LogP) is 2.72. The minimum absolute atomic E-state index is 0.341. The summed E-state index contributed by atoms with van der Waals surface area (Å²) in [5, 5.41) is 1.75. The number of nitrogen functional groups attached to an aromatic ring is 1. The highest BCUT2D eigenvalue weighted by Crippen LogP contribution is 2.24. The molecule has 1 aromatic heterocycles. The van der Waals surface area contributed by atoms with Crippen LogP contribution in [0.3, 0.4) is 0 Å². The molecule has 124 valence electrons. The van der Waals surface area contributed by atoms with Gasteiger partial charge in [0.25, 0.3) is 0 Å². The van der Waals surface area contributed by atoms with Gasteiger partial charge >= 0.3 is 5.97 Å². The summed E-state index contributed by atoms with van der Waals surface area (Å²) in [7, 11) is 2.93. The lowest BCUT2D eigenvalue weighted by Gasteiger charge is -2.09. The average Bonchev–Trinajstić information content (AvgIpc) is 3.02. The minimum Gasteiger partial charge on any atom is -0.497 e. The molecule has 0 saturated heterocycles. The van der Waals surface area contributed by atoms with Gasteiger partial charge in [0, 0.05) is 34.1 Å². The summed E-state index contributed by atoms with van der Waals surface area (Å²) in [4.78, 5) is 12.3. The first-order chi connectivity index (χ1) is 11.1. The van der Waals surface area contributed by atoms with Gasteiger partial charge in [0.05, 0.1) is 33.0 Å². The summed E-state index contributed by atoms with van der Waals surface area (Å²) in [5.41, 5.74) is 6.87. The van der Waals surface area contributed by atoms with Crippen LogP contribution in [0.5, 0.6) is 11.5 Å². The predicted molar refractivity (Wildman–Crippen MR) is 88.2 cm³/mol. The van der Waals surface area contributed by atoms with Crippen LogP contribution in [0.4, 0.5) is 5.69 Å². The van der Waals surface area contributed by atoms with Crippen LogP contribution in [0.15, 0.2) is 29.6 Å². The van der Waals surface area contributed by atoms with Crippen molar-refractivity contribution in [3.8, 4) is 11.5 Å². The van der Waals surface area contributed by atoms with E-state index in [-0.39, 0.29) is 5.97 Å². The van der Waals surface area contributed by atoms with E-state index in [1.54, 1.807) is 36.8 Å². The van der Waals surface area contributed by atoms with E-state index in [4.69, 9.17) is 19.9 Å². The molecule has 0 fully saturated rings. The van der Waals surface area contributed by atoms with E-state index in [2.05, 4.69) is 4.74 Å². The number of thiophene rings is 1. The van der Waals surface area contributed by atoms with Crippen LogP contribution in [0.25, 0.3) is 0 Å². The highest BCUT2D eigenvalue weighted by Gasteiger charge is 2.08. The van der Waals surface area contributed by atoms with E-state index in [0.29, 0.717) is 42.6 Å². The van der Waals surface area contributed by atoms with Gasteiger partial charge in [-0.25, -0.2) is 4.79 Å². The second-order valence-electron chi connectivity index (χ2n) is 4.64. The maximum Gasteiger partial charge on any atom is 0.338 e. The Morgan fingerprint density at radius 1 is 1.13 bits per heavy atom. The Morgan fingerprint density at radius 3 is 2.65 bits per heavy atom. The number of hydrogen-bond donors (Lipinski definition) is 1. The number of methoxy groups -OCH3 is 2. The number of carbonyl (C=O) groups is 1. The van der Waals surface area contributed by atoms with Crippen LogP contribution in [0.2, 0.25) is 0 Å². The minimum atomic E-state index is -0.341. The first kappa shape index (κ1) is 17.1. The van der Waals surface area contributed by atoms with Crippen molar-refractivity contribution < 1.29 is 23.7 Å². The maximum absolute atomic E-state index is 11.3. The third-order valence-electron chi connectivity index (χ3n) is 2.95. The molecule has 2 aromatic rings. The summed E-state index contributed by atoms with van der Waals surface area (Å²) in [5.74, 6) is 0.941. The van der Waals surface area contributed by atoms with Crippen LogP contribution in [-0.4, -0.2) is 33.4 Å². The number of benzene rings is 1. The van der Waals surface area contributed by atoms with Gasteiger partial charge in [-0.2, -0.15) is 0 Å². The van der Waals surface area contributed by atoms with Gasteiger partial charge in [0.1, 0.15) is 18.1 Å². The van der Waals surface area contributed by atoms with Gasteiger partial charge < -0.3 is 24.7 Å². The standard InChI is InChI=1S/C16H19NO5S/c1-19-13-6-12(17)7-14(8-13)22-4-3-21-9-15-5-11(10-23-15)16(18)20-2/h5-8,10H,3-4,9,17H2,1-2H3. The Morgan fingerprint density at radius 2 is 1.91 bits per heavy atom. The third-order valence-corrected chi connectivity index (χ3v) is 3.86. The summed E-state index contributed by atoms with van der Waals surface area (Å²) < 4.78 is 20.9. The Kier molecular flexibility index (Phi) is 6.25. The van der Waals surface area contributed by atoms with Crippen LogP contribution in [0, 0.1) is 0 Å². The zero-order valence-corrected chi connectivity index (χ0v) is 13.9. The lowest BCUT2D eigenvalue weighted by molar-refractivity contribution is 0.0601. The number of ether oxygens (including phenoxy) is 4. The van der Waals surface area contributed by atoms with Crippen LogP contribution < -0.4 is 15.2 Å². The van der Waals surface area contributed by atoms with Gasteiger partial charge in [-0.05, 0) is 6.07 Å². The zero-order chi connectivity index (χ0) is 16.7. The van der Waals surface area contributed by atoms with Crippen molar-refractivity contribution in [3.63, 3.8) is 0 Å². The fraction of sp³-hybridized carbons (Fsp3) is 0.312. The topological polar surface area (TPSA) is 80.0 Å². The molecule has 1 aromatic carbocycles. The second kappa shape index (κ2) is 8.40. The van der Waals surface area contributed by atoms with Gasteiger partial charge in [-0.15, -0.1) is 11.3 Å². The number of anilines is 1.